The highest BCUT2D eigenvalue weighted by atomic mass is 79.9. The SMILES string of the molecule is COc1cc(C2CC(=O)C(=N)c3n[nH]cc32)ccc1Oc1cccc(Br)c1. The molecule has 1 aliphatic carbocycles. The quantitative estimate of drug-likeness (QED) is 0.646. The van der Waals surface area contributed by atoms with Gasteiger partial charge in [0.1, 0.15) is 17.2 Å². The molecule has 1 aliphatic rings. The lowest BCUT2D eigenvalue weighted by Crippen LogP contribution is -2.25. The molecule has 7 heteroatoms. The van der Waals surface area contributed by atoms with Gasteiger partial charge in [-0.25, -0.2) is 0 Å². The second kappa shape index (κ2) is 7.00. The Labute approximate surface area is 164 Å². The van der Waals surface area contributed by atoms with E-state index in [0.717, 1.165) is 15.6 Å². The molecular weight excluding hydrogens is 410 g/mol. The van der Waals surface area contributed by atoms with Crippen molar-refractivity contribution in [2.24, 2.45) is 0 Å². The van der Waals surface area contributed by atoms with E-state index in [0.29, 0.717) is 22.9 Å². The van der Waals surface area contributed by atoms with Crippen LogP contribution in [0.3, 0.4) is 0 Å². The Morgan fingerprint density at radius 2 is 2.07 bits per heavy atom. The van der Waals surface area contributed by atoms with Crippen molar-refractivity contribution in [1.29, 1.82) is 5.41 Å². The van der Waals surface area contributed by atoms with E-state index in [-0.39, 0.29) is 23.8 Å². The average molecular weight is 426 g/mol. The maximum absolute atomic E-state index is 12.2. The van der Waals surface area contributed by atoms with E-state index in [4.69, 9.17) is 14.9 Å². The first-order chi connectivity index (χ1) is 13.1. The molecule has 3 aromatic rings. The van der Waals surface area contributed by atoms with Crippen molar-refractivity contribution in [3.05, 3.63) is 70.0 Å². The van der Waals surface area contributed by atoms with Crippen LogP contribution in [0.25, 0.3) is 0 Å². The number of fused-ring (bicyclic) bond motifs is 1. The number of Topliss-reactive ketones (excluding diaryl/α,β-unsaturated/α-hetero) is 1. The third-order valence-electron chi connectivity index (χ3n) is 4.56. The largest absolute Gasteiger partial charge is 0.493 e. The van der Waals surface area contributed by atoms with Gasteiger partial charge in [-0.2, -0.15) is 5.10 Å². The monoisotopic (exact) mass is 425 g/mol. The number of hydrogen-bond donors (Lipinski definition) is 2. The Balaban J connectivity index is 1.69. The van der Waals surface area contributed by atoms with Crippen molar-refractivity contribution < 1.29 is 14.3 Å². The van der Waals surface area contributed by atoms with E-state index in [1.54, 1.807) is 13.3 Å². The van der Waals surface area contributed by atoms with Gasteiger partial charge in [-0.15, -0.1) is 0 Å². The van der Waals surface area contributed by atoms with Gasteiger partial charge in [0, 0.05) is 28.6 Å². The number of aromatic nitrogens is 2. The number of benzene rings is 2. The second-order valence-corrected chi connectivity index (χ2v) is 7.13. The summed E-state index contributed by atoms with van der Waals surface area (Å²) in [4.78, 5) is 12.2. The molecule has 27 heavy (non-hydrogen) atoms. The highest BCUT2D eigenvalue weighted by Gasteiger charge is 2.33. The number of hydrogen-bond acceptors (Lipinski definition) is 5. The number of ketones is 1. The summed E-state index contributed by atoms with van der Waals surface area (Å²) in [5.74, 6) is 1.46. The molecule has 1 aromatic heterocycles. The van der Waals surface area contributed by atoms with Crippen LogP contribution in [0.2, 0.25) is 0 Å². The van der Waals surface area contributed by atoms with Crippen LogP contribution in [0.1, 0.15) is 29.2 Å². The number of nitrogens with one attached hydrogen (secondary N) is 2. The van der Waals surface area contributed by atoms with E-state index < -0.39 is 0 Å². The van der Waals surface area contributed by atoms with E-state index in [1.807, 2.05) is 42.5 Å². The summed E-state index contributed by atoms with van der Waals surface area (Å²) in [7, 11) is 1.58. The number of nitrogens with zero attached hydrogens (tertiary/aromatic N) is 1. The van der Waals surface area contributed by atoms with Crippen LogP contribution in [-0.4, -0.2) is 28.8 Å². The summed E-state index contributed by atoms with van der Waals surface area (Å²) >= 11 is 3.43. The Hall–Kier alpha value is -2.93. The molecule has 2 aromatic carbocycles. The predicted octanol–water partition coefficient (Wildman–Crippen LogP) is 4.45. The van der Waals surface area contributed by atoms with E-state index in [1.165, 1.54) is 0 Å². The zero-order valence-electron chi connectivity index (χ0n) is 14.5. The van der Waals surface area contributed by atoms with E-state index >= 15 is 0 Å². The van der Waals surface area contributed by atoms with Crippen molar-refractivity contribution in [3.8, 4) is 17.2 Å². The van der Waals surface area contributed by atoms with Crippen molar-refractivity contribution in [2.75, 3.05) is 7.11 Å². The lowest BCUT2D eigenvalue weighted by Gasteiger charge is -2.22. The summed E-state index contributed by atoms with van der Waals surface area (Å²) in [5, 5.41) is 14.7. The fourth-order valence-corrected chi connectivity index (χ4v) is 3.61. The molecule has 136 valence electrons. The molecule has 0 saturated heterocycles. The van der Waals surface area contributed by atoms with Crippen LogP contribution in [0.4, 0.5) is 0 Å². The Bertz CT molecular complexity index is 1040. The minimum absolute atomic E-state index is 0.0379. The molecule has 1 atom stereocenters. The van der Waals surface area contributed by atoms with Gasteiger partial charge in [0.15, 0.2) is 17.3 Å². The van der Waals surface area contributed by atoms with E-state index in [2.05, 4.69) is 26.1 Å². The minimum Gasteiger partial charge on any atom is -0.493 e. The number of H-pyrrole nitrogens is 1. The standard InChI is InChI=1S/C20H16BrN3O3/c1-26-18-7-11(5-6-17(18)27-13-4-2-3-12(21)8-13)14-9-16(25)19(22)20-15(14)10-23-24-20/h2-8,10,14,22H,9H2,1H3,(H,23,24). The first-order valence-electron chi connectivity index (χ1n) is 8.34. The van der Waals surface area contributed by atoms with Crippen LogP contribution in [0.15, 0.2) is 53.1 Å². The normalized spacial score (nSPS) is 16.1. The zero-order chi connectivity index (χ0) is 19.0. The number of aromatic amines is 1. The fraction of sp³-hybridized carbons (Fsp3) is 0.150. The molecule has 0 aliphatic heterocycles. The second-order valence-electron chi connectivity index (χ2n) is 6.21. The van der Waals surface area contributed by atoms with Gasteiger partial charge in [0.25, 0.3) is 0 Å². The topological polar surface area (TPSA) is 88.1 Å². The molecule has 4 rings (SSSR count). The first-order valence-corrected chi connectivity index (χ1v) is 9.13. The maximum Gasteiger partial charge on any atom is 0.183 e. The van der Waals surface area contributed by atoms with Crippen LogP contribution in [0, 0.1) is 5.41 Å². The molecule has 2 N–H and O–H groups in total. The average Bonchev–Trinajstić information content (AvgIpc) is 3.15. The van der Waals surface area contributed by atoms with Crippen molar-refractivity contribution >= 4 is 27.4 Å². The Kier molecular flexibility index (Phi) is 4.53. The van der Waals surface area contributed by atoms with Crippen LogP contribution in [-0.2, 0) is 4.79 Å². The molecule has 0 spiro atoms. The molecule has 0 bridgehead atoms. The van der Waals surface area contributed by atoms with Crippen molar-refractivity contribution in [3.63, 3.8) is 0 Å². The van der Waals surface area contributed by atoms with Gasteiger partial charge in [-0.05, 0) is 35.9 Å². The number of methoxy groups -OCH3 is 1. The summed E-state index contributed by atoms with van der Waals surface area (Å²) in [5.41, 5.74) is 2.15. The number of halogens is 1. The lowest BCUT2D eigenvalue weighted by atomic mass is 9.80. The van der Waals surface area contributed by atoms with Crippen molar-refractivity contribution in [2.45, 2.75) is 12.3 Å². The van der Waals surface area contributed by atoms with Gasteiger partial charge in [-0.1, -0.05) is 28.1 Å². The minimum atomic E-state index is -0.215. The number of carbonyl (C=O) groups is 1. The summed E-state index contributed by atoms with van der Waals surface area (Å²) in [6.07, 6.45) is 1.99. The Morgan fingerprint density at radius 3 is 2.85 bits per heavy atom. The maximum atomic E-state index is 12.2. The van der Waals surface area contributed by atoms with E-state index in [9.17, 15) is 4.79 Å². The summed E-state index contributed by atoms with van der Waals surface area (Å²) < 4.78 is 12.4. The van der Waals surface area contributed by atoms with Gasteiger partial charge >= 0.3 is 0 Å². The van der Waals surface area contributed by atoms with Crippen LogP contribution in [0.5, 0.6) is 17.2 Å². The summed E-state index contributed by atoms with van der Waals surface area (Å²) in [6, 6.07) is 13.2. The number of ether oxygens (including phenoxy) is 2. The smallest absolute Gasteiger partial charge is 0.183 e. The van der Waals surface area contributed by atoms with Crippen LogP contribution < -0.4 is 9.47 Å². The number of carbonyl (C=O) groups excluding carboxylic acids is 1. The summed E-state index contributed by atoms with van der Waals surface area (Å²) in [6.45, 7) is 0. The van der Waals surface area contributed by atoms with Crippen LogP contribution >= 0.6 is 15.9 Å². The molecular formula is C20H16BrN3O3. The lowest BCUT2D eigenvalue weighted by molar-refractivity contribution is -0.113. The number of rotatable bonds is 4. The van der Waals surface area contributed by atoms with Gasteiger partial charge in [0.2, 0.25) is 0 Å². The molecule has 0 radical (unpaired) electrons. The molecule has 1 unspecified atom stereocenters. The predicted molar refractivity (Wildman–Crippen MR) is 104 cm³/mol. The fourth-order valence-electron chi connectivity index (χ4n) is 3.23. The Morgan fingerprint density at radius 1 is 1.22 bits per heavy atom. The highest BCUT2D eigenvalue weighted by Crippen LogP contribution is 2.39. The van der Waals surface area contributed by atoms with Gasteiger partial charge < -0.3 is 9.47 Å². The molecule has 0 amide bonds. The third kappa shape index (κ3) is 3.26. The zero-order valence-corrected chi connectivity index (χ0v) is 16.0. The highest BCUT2D eigenvalue weighted by molar-refractivity contribution is 9.10. The molecule has 0 saturated carbocycles. The van der Waals surface area contributed by atoms with Gasteiger partial charge in [0.05, 0.1) is 7.11 Å². The third-order valence-corrected chi connectivity index (χ3v) is 5.06. The van der Waals surface area contributed by atoms with Gasteiger partial charge in [-0.3, -0.25) is 15.3 Å². The first kappa shape index (κ1) is 17.5. The molecule has 1 heterocycles. The molecule has 6 nitrogen and oxygen atoms in total. The molecule has 0 fully saturated rings. The van der Waals surface area contributed by atoms with Crippen molar-refractivity contribution in [1.82, 2.24) is 10.2 Å².